The highest BCUT2D eigenvalue weighted by molar-refractivity contribution is 9.10. The van der Waals surface area contributed by atoms with E-state index in [0.717, 1.165) is 33.4 Å². The SMILES string of the molecule is CCOC(=O)C1=C(C)NC2=C(C(=O)C[C@H](c3ccccc3)C2)[C@H]1c1cccc(Br)c1. The van der Waals surface area contributed by atoms with Crippen molar-refractivity contribution in [1.82, 2.24) is 5.32 Å². The van der Waals surface area contributed by atoms with Gasteiger partial charge in [0.1, 0.15) is 0 Å². The van der Waals surface area contributed by atoms with Crippen LogP contribution in [0.25, 0.3) is 0 Å². The third-order valence-corrected chi connectivity index (χ3v) is 6.27. The van der Waals surface area contributed by atoms with E-state index in [4.69, 9.17) is 4.74 Å². The van der Waals surface area contributed by atoms with Crippen LogP contribution in [0.4, 0.5) is 0 Å². The number of hydrogen-bond acceptors (Lipinski definition) is 4. The Morgan fingerprint density at radius 1 is 1.10 bits per heavy atom. The molecule has 154 valence electrons. The zero-order valence-electron chi connectivity index (χ0n) is 17.1. The second-order valence-corrected chi connectivity index (χ2v) is 8.62. The molecule has 2 aromatic carbocycles. The van der Waals surface area contributed by atoms with Crippen LogP contribution >= 0.6 is 15.9 Å². The third kappa shape index (κ3) is 3.86. The van der Waals surface area contributed by atoms with Crippen LogP contribution in [-0.2, 0) is 14.3 Å². The van der Waals surface area contributed by atoms with Gasteiger partial charge in [0.25, 0.3) is 0 Å². The smallest absolute Gasteiger partial charge is 0.336 e. The molecule has 5 heteroatoms. The van der Waals surface area contributed by atoms with Crippen molar-refractivity contribution in [3.8, 4) is 0 Å². The van der Waals surface area contributed by atoms with Gasteiger partial charge in [-0.05, 0) is 49.4 Å². The van der Waals surface area contributed by atoms with Crippen LogP contribution in [0, 0.1) is 0 Å². The summed E-state index contributed by atoms with van der Waals surface area (Å²) in [6.45, 7) is 3.97. The number of dihydropyridines is 1. The second-order valence-electron chi connectivity index (χ2n) is 7.70. The summed E-state index contributed by atoms with van der Waals surface area (Å²) in [4.78, 5) is 26.3. The fourth-order valence-electron chi connectivity index (χ4n) is 4.50. The maximum atomic E-state index is 13.4. The summed E-state index contributed by atoms with van der Waals surface area (Å²) < 4.78 is 6.27. The van der Waals surface area contributed by atoms with Crippen molar-refractivity contribution in [2.75, 3.05) is 6.61 Å². The largest absolute Gasteiger partial charge is 0.463 e. The van der Waals surface area contributed by atoms with E-state index in [1.165, 1.54) is 0 Å². The number of carbonyl (C=O) groups is 2. The van der Waals surface area contributed by atoms with Gasteiger partial charge in [-0.1, -0.05) is 58.4 Å². The summed E-state index contributed by atoms with van der Waals surface area (Å²) in [5.41, 5.74) is 4.94. The van der Waals surface area contributed by atoms with E-state index in [0.29, 0.717) is 17.6 Å². The molecule has 0 fully saturated rings. The molecule has 1 N–H and O–H groups in total. The first-order valence-corrected chi connectivity index (χ1v) is 11.0. The van der Waals surface area contributed by atoms with Gasteiger partial charge >= 0.3 is 5.97 Å². The van der Waals surface area contributed by atoms with Crippen LogP contribution in [0.15, 0.2) is 81.6 Å². The molecule has 0 unspecified atom stereocenters. The van der Waals surface area contributed by atoms with E-state index in [9.17, 15) is 9.59 Å². The van der Waals surface area contributed by atoms with Gasteiger partial charge in [0.05, 0.1) is 12.2 Å². The maximum Gasteiger partial charge on any atom is 0.336 e. The number of benzene rings is 2. The molecule has 1 aliphatic heterocycles. The first kappa shape index (κ1) is 20.6. The first-order valence-electron chi connectivity index (χ1n) is 10.2. The fourth-order valence-corrected chi connectivity index (χ4v) is 4.92. The van der Waals surface area contributed by atoms with E-state index in [2.05, 4.69) is 33.4 Å². The van der Waals surface area contributed by atoms with Gasteiger partial charge in [-0.3, -0.25) is 4.79 Å². The number of allylic oxidation sites excluding steroid dienone is 3. The van der Waals surface area contributed by atoms with Crippen molar-refractivity contribution < 1.29 is 14.3 Å². The lowest BCUT2D eigenvalue weighted by Crippen LogP contribution is -2.36. The Morgan fingerprint density at radius 3 is 2.53 bits per heavy atom. The minimum Gasteiger partial charge on any atom is -0.463 e. The lowest BCUT2D eigenvalue weighted by molar-refractivity contribution is -0.138. The Hall–Kier alpha value is -2.66. The summed E-state index contributed by atoms with van der Waals surface area (Å²) in [7, 11) is 0. The number of Topliss-reactive ketones (excluding diaryl/α,β-unsaturated/α-hetero) is 1. The lowest BCUT2D eigenvalue weighted by Gasteiger charge is -2.36. The third-order valence-electron chi connectivity index (χ3n) is 5.78. The topological polar surface area (TPSA) is 55.4 Å². The van der Waals surface area contributed by atoms with Crippen LogP contribution in [0.1, 0.15) is 49.7 Å². The van der Waals surface area contributed by atoms with Gasteiger partial charge in [-0.2, -0.15) is 0 Å². The quantitative estimate of drug-likeness (QED) is 0.616. The van der Waals surface area contributed by atoms with Crippen molar-refractivity contribution in [3.63, 3.8) is 0 Å². The normalized spacial score (nSPS) is 21.2. The number of hydrogen-bond donors (Lipinski definition) is 1. The van der Waals surface area contributed by atoms with Crippen LogP contribution in [0.5, 0.6) is 0 Å². The molecule has 2 atom stereocenters. The van der Waals surface area contributed by atoms with Gasteiger partial charge in [0.2, 0.25) is 0 Å². The number of rotatable bonds is 4. The van der Waals surface area contributed by atoms with E-state index >= 15 is 0 Å². The zero-order chi connectivity index (χ0) is 21.3. The van der Waals surface area contributed by atoms with Crippen LogP contribution in [0.2, 0.25) is 0 Å². The highest BCUT2D eigenvalue weighted by atomic mass is 79.9. The van der Waals surface area contributed by atoms with E-state index in [-0.39, 0.29) is 24.3 Å². The summed E-state index contributed by atoms with van der Waals surface area (Å²) in [5, 5.41) is 3.38. The molecule has 0 saturated carbocycles. The number of ether oxygens (including phenoxy) is 1. The summed E-state index contributed by atoms with van der Waals surface area (Å²) in [6.07, 6.45) is 1.17. The predicted octanol–water partition coefficient (Wildman–Crippen LogP) is 5.37. The minimum absolute atomic E-state index is 0.0804. The standard InChI is InChI=1S/C25H24BrNO3/c1-3-30-25(29)22-15(2)27-20-13-18(16-8-5-4-6-9-16)14-21(28)24(20)23(22)17-10-7-11-19(26)12-17/h4-12,18,23,27H,3,13-14H2,1-2H3/t18-,23+/m1/s1. The monoisotopic (exact) mass is 465 g/mol. The average molecular weight is 466 g/mol. The van der Waals surface area contributed by atoms with Crippen molar-refractivity contribution >= 4 is 27.7 Å². The van der Waals surface area contributed by atoms with E-state index in [1.807, 2.05) is 49.4 Å². The van der Waals surface area contributed by atoms with Crippen molar-refractivity contribution in [1.29, 1.82) is 0 Å². The van der Waals surface area contributed by atoms with Gasteiger partial charge in [-0.25, -0.2) is 4.79 Å². The van der Waals surface area contributed by atoms with Gasteiger partial charge in [0.15, 0.2) is 5.78 Å². The molecule has 0 bridgehead atoms. The molecule has 1 aliphatic carbocycles. The number of esters is 1. The van der Waals surface area contributed by atoms with Gasteiger partial charge in [0, 0.05) is 33.8 Å². The summed E-state index contributed by atoms with van der Waals surface area (Å²) in [6, 6.07) is 18.0. The number of nitrogens with one attached hydrogen (secondary N) is 1. The first-order chi connectivity index (χ1) is 14.5. The molecule has 30 heavy (non-hydrogen) atoms. The van der Waals surface area contributed by atoms with E-state index < -0.39 is 5.92 Å². The Morgan fingerprint density at radius 2 is 1.83 bits per heavy atom. The van der Waals surface area contributed by atoms with Gasteiger partial charge < -0.3 is 10.1 Å². The molecular weight excluding hydrogens is 442 g/mol. The van der Waals surface area contributed by atoms with Crippen LogP contribution in [0.3, 0.4) is 0 Å². The fraction of sp³-hybridized carbons (Fsp3) is 0.280. The molecule has 4 rings (SSSR count). The highest BCUT2D eigenvalue weighted by Gasteiger charge is 2.41. The van der Waals surface area contributed by atoms with Crippen LogP contribution in [-0.4, -0.2) is 18.4 Å². The molecule has 0 saturated heterocycles. The molecule has 0 aromatic heterocycles. The molecule has 0 spiro atoms. The highest BCUT2D eigenvalue weighted by Crippen LogP contribution is 2.45. The second kappa shape index (κ2) is 8.60. The predicted molar refractivity (Wildman–Crippen MR) is 120 cm³/mol. The molecule has 2 aromatic rings. The van der Waals surface area contributed by atoms with Crippen molar-refractivity contribution in [2.45, 2.75) is 38.5 Å². The lowest BCUT2D eigenvalue weighted by atomic mass is 9.72. The number of halogens is 1. The molecule has 1 heterocycles. The summed E-state index contributed by atoms with van der Waals surface area (Å²) in [5.74, 6) is -0.596. The minimum atomic E-state index is -0.429. The summed E-state index contributed by atoms with van der Waals surface area (Å²) >= 11 is 3.53. The number of carbonyl (C=O) groups excluding carboxylic acids is 2. The molecular formula is C25H24BrNO3. The molecule has 0 radical (unpaired) electrons. The van der Waals surface area contributed by atoms with Crippen molar-refractivity contribution in [3.05, 3.63) is 92.7 Å². The number of ketones is 1. The Kier molecular flexibility index (Phi) is 5.91. The molecule has 4 nitrogen and oxygen atoms in total. The zero-order valence-corrected chi connectivity index (χ0v) is 18.7. The van der Waals surface area contributed by atoms with Crippen molar-refractivity contribution in [2.24, 2.45) is 0 Å². The maximum absolute atomic E-state index is 13.4. The Balaban J connectivity index is 1.81. The van der Waals surface area contributed by atoms with Gasteiger partial charge in [-0.15, -0.1) is 0 Å². The molecule has 2 aliphatic rings. The Bertz CT molecular complexity index is 1060. The van der Waals surface area contributed by atoms with E-state index in [1.54, 1.807) is 6.92 Å². The average Bonchev–Trinajstić information content (AvgIpc) is 2.73. The molecule has 0 amide bonds. The Labute approximate surface area is 185 Å². The van der Waals surface area contributed by atoms with Crippen LogP contribution < -0.4 is 5.32 Å².